The van der Waals surface area contributed by atoms with Gasteiger partial charge in [-0.05, 0) is 42.2 Å². The van der Waals surface area contributed by atoms with Gasteiger partial charge in [-0.25, -0.2) is 0 Å². The first kappa shape index (κ1) is 11.0. The van der Waals surface area contributed by atoms with E-state index in [1.54, 1.807) is 7.11 Å². The van der Waals surface area contributed by atoms with E-state index >= 15 is 0 Å². The number of allylic oxidation sites excluding steroid dienone is 4. The molecule has 0 saturated carbocycles. The Kier molecular flexibility index (Phi) is 3.14. The van der Waals surface area contributed by atoms with E-state index in [4.69, 9.17) is 4.74 Å². The van der Waals surface area contributed by atoms with Crippen molar-refractivity contribution < 1.29 is 4.74 Å². The molecule has 1 aliphatic rings. The minimum absolute atomic E-state index is 0.499. The molecule has 1 unspecified atom stereocenters. The lowest BCUT2D eigenvalue weighted by atomic mass is 9.90. The maximum atomic E-state index is 5.31. The highest BCUT2D eigenvalue weighted by Gasteiger charge is 2.14. The zero-order valence-electron chi connectivity index (χ0n) is 10.2. The molecule has 16 heavy (non-hydrogen) atoms. The number of ether oxygens (including phenoxy) is 1. The quantitative estimate of drug-likeness (QED) is 0.718. The van der Waals surface area contributed by atoms with E-state index in [0.29, 0.717) is 5.92 Å². The zero-order chi connectivity index (χ0) is 11.5. The fourth-order valence-electron chi connectivity index (χ4n) is 2.22. The molecule has 0 aliphatic heterocycles. The van der Waals surface area contributed by atoms with Gasteiger partial charge in [0.15, 0.2) is 0 Å². The van der Waals surface area contributed by atoms with Crippen molar-refractivity contribution in [2.24, 2.45) is 0 Å². The van der Waals surface area contributed by atoms with Gasteiger partial charge < -0.3 is 4.74 Å². The Balaban J connectivity index is 2.56. The zero-order valence-corrected chi connectivity index (χ0v) is 10.2. The number of fused-ring (bicyclic) bond motifs is 1. The van der Waals surface area contributed by atoms with Gasteiger partial charge in [-0.15, -0.1) is 0 Å². The first-order valence-electron chi connectivity index (χ1n) is 5.79. The average Bonchev–Trinajstić information content (AvgIpc) is 2.48. The average molecular weight is 214 g/mol. The molecule has 0 saturated heterocycles. The first-order chi connectivity index (χ1) is 7.76. The van der Waals surface area contributed by atoms with Crippen molar-refractivity contribution in [3.05, 3.63) is 47.6 Å². The lowest BCUT2D eigenvalue weighted by molar-refractivity contribution is 0.414. The molecular formula is C15H18O. The van der Waals surface area contributed by atoms with Crippen molar-refractivity contribution in [2.75, 3.05) is 7.11 Å². The predicted molar refractivity (Wildman–Crippen MR) is 68.8 cm³/mol. The summed E-state index contributed by atoms with van der Waals surface area (Å²) in [4.78, 5) is 0. The van der Waals surface area contributed by atoms with E-state index in [0.717, 1.165) is 12.2 Å². The van der Waals surface area contributed by atoms with E-state index in [1.807, 2.05) is 6.07 Å². The lowest BCUT2D eigenvalue weighted by Gasteiger charge is -2.16. The molecular weight excluding hydrogens is 196 g/mol. The van der Waals surface area contributed by atoms with E-state index in [2.05, 4.69) is 44.2 Å². The van der Waals surface area contributed by atoms with E-state index in [9.17, 15) is 0 Å². The number of hydrogen-bond acceptors (Lipinski definition) is 1. The summed E-state index contributed by atoms with van der Waals surface area (Å²) in [6, 6.07) is 6.36. The molecule has 0 N–H and O–H groups in total. The van der Waals surface area contributed by atoms with Crippen LogP contribution in [0.25, 0.3) is 5.57 Å². The summed E-state index contributed by atoms with van der Waals surface area (Å²) in [5.74, 6) is 1.44. The van der Waals surface area contributed by atoms with Gasteiger partial charge in [-0.2, -0.15) is 0 Å². The third-order valence-corrected chi connectivity index (χ3v) is 3.21. The Labute approximate surface area is 97.4 Å². The van der Waals surface area contributed by atoms with Crippen molar-refractivity contribution in [3.8, 4) is 5.75 Å². The molecule has 0 radical (unpaired) electrons. The monoisotopic (exact) mass is 214 g/mol. The van der Waals surface area contributed by atoms with Crippen LogP contribution in [-0.4, -0.2) is 7.11 Å². The summed E-state index contributed by atoms with van der Waals surface area (Å²) in [6.45, 7) is 4.38. The highest BCUT2D eigenvalue weighted by molar-refractivity contribution is 5.71. The Morgan fingerprint density at radius 1 is 1.31 bits per heavy atom. The van der Waals surface area contributed by atoms with Crippen molar-refractivity contribution in [1.29, 1.82) is 0 Å². The summed E-state index contributed by atoms with van der Waals surface area (Å²) >= 11 is 0. The maximum absolute atomic E-state index is 5.31. The van der Waals surface area contributed by atoms with Gasteiger partial charge in [0, 0.05) is 5.92 Å². The molecule has 0 heterocycles. The van der Waals surface area contributed by atoms with Gasteiger partial charge in [0.05, 0.1) is 7.11 Å². The predicted octanol–water partition coefficient (Wildman–Crippen LogP) is 4.16. The van der Waals surface area contributed by atoms with Crippen molar-refractivity contribution in [3.63, 3.8) is 0 Å². The van der Waals surface area contributed by atoms with Crippen molar-refractivity contribution in [1.82, 2.24) is 0 Å². The smallest absolute Gasteiger partial charge is 0.119 e. The van der Waals surface area contributed by atoms with Crippen LogP contribution in [0.2, 0.25) is 0 Å². The first-order valence-corrected chi connectivity index (χ1v) is 5.79. The fourth-order valence-corrected chi connectivity index (χ4v) is 2.22. The highest BCUT2D eigenvalue weighted by Crippen LogP contribution is 2.34. The molecule has 2 rings (SSSR count). The third kappa shape index (κ3) is 1.90. The molecule has 0 fully saturated rings. The number of rotatable bonds is 2. The molecule has 0 aromatic heterocycles. The molecule has 84 valence electrons. The molecule has 0 amide bonds. The van der Waals surface area contributed by atoms with Crippen molar-refractivity contribution >= 4 is 5.57 Å². The van der Waals surface area contributed by atoms with Gasteiger partial charge in [-0.1, -0.05) is 31.2 Å². The van der Waals surface area contributed by atoms with Crippen LogP contribution in [0.3, 0.4) is 0 Å². The van der Waals surface area contributed by atoms with Crippen molar-refractivity contribution in [2.45, 2.75) is 26.2 Å². The Bertz CT molecular complexity index is 441. The van der Waals surface area contributed by atoms with Crippen LogP contribution in [0.5, 0.6) is 5.75 Å². The Morgan fingerprint density at radius 3 is 2.81 bits per heavy atom. The number of benzene rings is 1. The van der Waals surface area contributed by atoms with Gasteiger partial charge in [0.1, 0.15) is 5.75 Å². The largest absolute Gasteiger partial charge is 0.497 e. The molecule has 1 aliphatic carbocycles. The minimum Gasteiger partial charge on any atom is -0.497 e. The van der Waals surface area contributed by atoms with Crippen LogP contribution in [-0.2, 0) is 0 Å². The van der Waals surface area contributed by atoms with E-state index in [1.165, 1.54) is 16.7 Å². The second kappa shape index (κ2) is 4.56. The molecule has 1 aromatic rings. The number of hydrogen-bond donors (Lipinski definition) is 0. The lowest BCUT2D eigenvalue weighted by Crippen LogP contribution is -1.98. The van der Waals surface area contributed by atoms with Gasteiger partial charge in [-0.3, -0.25) is 0 Å². The maximum Gasteiger partial charge on any atom is 0.119 e. The second-order valence-corrected chi connectivity index (χ2v) is 4.20. The number of methoxy groups -OCH3 is 1. The molecule has 1 nitrogen and oxygen atoms in total. The van der Waals surface area contributed by atoms with Gasteiger partial charge in [0.2, 0.25) is 0 Å². The van der Waals surface area contributed by atoms with Crippen LogP contribution in [0.15, 0.2) is 36.4 Å². The summed E-state index contributed by atoms with van der Waals surface area (Å²) in [5.41, 5.74) is 4.05. The van der Waals surface area contributed by atoms with Crippen LogP contribution in [0.1, 0.15) is 37.3 Å². The van der Waals surface area contributed by atoms with E-state index in [-0.39, 0.29) is 0 Å². The van der Waals surface area contributed by atoms with Gasteiger partial charge in [0.25, 0.3) is 0 Å². The SMILES string of the molecule is CCC1C=CC=C(C)c2ccc(OC)cc21. The van der Waals surface area contributed by atoms with Crippen LogP contribution in [0.4, 0.5) is 0 Å². The second-order valence-electron chi connectivity index (χ2n) is 4.20. The molecule has 1 heteroatoms. The molecule has 0 bridgehead atoms. The molecule has 1 atom stereocenters. The Morgan fingerprint density at radius 2 is 2.12 bits per heavy atom. The normalized spacial score (nSPS) is 18.7. The summed E-state index contributed by atoms with van der Waals surface area (Å²) < 4.78 is 5.31. The summed E-state index contributed by atoms with van der Waals surface area (Å²) in [5, 5.41) is 0. The topological polar surface area (TPSA) is 9.23 Å². The Hall–Kier alpha value is -1.50. The molecule has 0 spiro atoms. The van der Waals surface area contributed by atoms with Gasteiger partial charge >= 0.3 is 0 Å². The van der Waals surface area contributed by atoms with Crippen LogP contribution in [0, 0.1) is 0 Å². The summed E-state index contributed by atoms with van der Waals surface area (Å²) in [6.07, 6.45) is 7.74. The van der Waals surface area contributed by atoms with Crippen LogP contribution >= 0.6 is 0 Å². The van der Waals surface area contributed by atoms with Crippen LogP contribution < -0.4 is 4.74 Å². The highest BCUT2D eigenvalue weighted by atomic mass is 16.5. The minimum atomic E-state index is 0.499. The summed E-state index contributed by atoms with van der Waals surface area (Å²) in [7, 11) is 1.72. The molecule has 1 aromatic carbocycles. The standard InChI is InChI=1S/C15H18O/c1-4-12-7-5-6-11(2)14-9-8-13(16-3)10-15(12)14/h5-10,12H,4H2,1-3H3. The third-order valence-electron chi connectivity index (χ3n) is 3.21. The fraction of sp³-hybridized carbons (Fsp3) is 0.333. The van der Waals surface area contributed by atoms with E-state index < -0.39 is 0 Å².